The summed E-state index contributed by atoms with van der Waals surface area (Å²) in [6.45, 7) is 1.58. The van der Waals surface area contributed by atoms with Crippen molar-refractivity contribution in [3.63, 3.8) is 0 Å². The van der Waals surface area contributed by atoms with E-state index in [4.69, 9.17) is 4.74 Å². The number of halogens is 2. The lowest BCUT2D eigenvalue weighted by Crippen LogP contribution is -2.44. The Hall–Kier alpha value is -3.49. The minimum Gasteiger partial charge on any atom is -0.385 e. The zero-order valence-electron chi connectivity index (χ0n) is 21.3. The molecule has 0 radical (unpaired) electrons. The van der Waals surface area contributed by atoms with Crippen LogP contribution in [0.4, 0.5) is 4.39 Å². The van der Waals surface area contributed by atoms with E-state index in [0.29, 0.717) is 44.6 Å². The molecule has 0 unspecified atom stereocenters. The van der Waals surface area contributed by atoms with Gasteiger partial charge in [0, 0.05) is 60.5 Å². The van der Waals surface area contributed by atoms with Gasteiger partial charge in [-0.3, -0.25) is 9.59 Å². The molecule has 1 N–H and O–H groups in total. The highest BCUT2D eigenvalue weighted by Gasteiger charge is 2.23. The second-order valence-corrected chi connectivity index (χ2v) is 10.1. The second-order valence-electron chi connectivity index (χ2n) is 9.13. The molecule has 0 atom stereocenters. The molecular formula is C30H31BrFN3O3. The van der Waals surface area contributed by atoms with Gasteiger partial charge in [-0.2, -0.15) is 0 Å². The molecule has 38 heavy (non-hydrogen) atoms. The van der Waals surface area contributed by atoms with Gasteiger partial charge < -0.3 is 19.5 Å². The van der Waals surface area contributed by atoms with Crippen LogP contribution < -0.4 is 0 Å². The van der Waals surface area contributed by atoms with Crippen molar-refractivity contribution in [3.8, 4) is 0 Å². The number of carbonyl (C=O) groups excluding carboxylic acids is 2. The number of amides is 2. The second kappa shape index (κ2) is 13.3. The van der Waals surface area contributed by atoms with Crippen molar-refractivity contribution >= 4 is 38.6 Å². The lowest BCUT2D eigenvalue weighted by Gasteiger charge is -2.28. The van der Waals surface area contributed by atoms with E-state index >= 15 is 0 Å². The quantitative estimate of drug-likeness (QED) is 0.215. The summed E-state index contributed by atoms with van der Waals surface area (Å²) in [4.78, 5) is 33.7. The van der Waals surface area contributed by atoms with E-state index in [9.17, 15) is 14.0 Å². The molecule has 1 heterocycles. The Bertz CT molecular complexity index is 1370. The van der Waals surface area contributed by atoms with E-state index in [1.54, 1.807) is 47.2 Å². The fourth-order valence-electron chi connectivity index (χ4n) is 4.42. The monoisotopic (exact) mass is 579 g/mol. The van der Waals surface area contributed by atoms with Crippen molar-refractivity contribution < 1.29 is 18.7 Å². The Morgan fingerprint density at radius 2 is 1.76 bits per heavy atom. The summed E-state index contributed by atoms with van der Waals surface area (Å²) < 4.78 is 19.5. The molecule has 0 saturated heterocycles. The van der Waals surface area contributed by atoms with Crippen LogP contribution in [-0.2, 0) is 22.5 Å². The van der Waals surface area contributed by atoms with Crippen LogP contribution in [0.1, 0.15) is 27.9 Å². The highest BCUT2D eigenvalue weighted by molar-refractivity contribution is 9.10. The maximum absolute atomic E-state index is 13.7. The van der Waals surface area contributed by atoms with Crippen molar-refractivity contribution in [2.24, 2.45) is 0 Å². The topological polar surface area (TPSA) is 65.6 Å². The Balaban J connectivity index is 1.54. The standard InChI is InChI=1S/C30H31BrFN3O3/c1-38-17-5-15-35(30(37)23-6-4-7-25(31)18-23)21-29(36)34(20-22-10-12-26(32)13-11-22)16-14-24-19-33-28-9-3-2-8-27(24)28/h2-4,6-13,18-19,33H,5,14-17,20-21H2,1H3. The summed E-state index contributed by atoms with van der Waals surface area (Å²) in [5.41, 5.74) is 3.49. The van der Waals surface area contributed by atoms with Crippen molar-refractivity contribution in [1.29, 1.82) is 0 Å². The number of hydrogen-bond donors (Lipinski definition) is 1. The number of para-hydroxylation sites is 1. The zero-order valence-corrected chi connectivity index (χ0v) is 22.9. The lowest BCUT2D eigenvalue weighted by molar-refractivity contribution is -0.132. The first-order valence-electron chi connectivity index (χ1n) is 12.6. The SMILES string of the molecule is COCCCN(CC(=O)N(CCc1c[nH]c2ccccc12)Cc1ccc(F)cc1)C(=O)c1cccc(Br)c1. The van der Waals surface area contributed by atoms with E-state index in [1.165, 1.54) is 12.1 Å². The van der Waals surface area contributed by atoms with Crippen molar-refractivity contribution in [2.75, 3.05) is 33.4 Å². The van der Waals surface area contributed by atoms with Gasteiger partial charge in [-0.15, -0.1) is 0 Å². The zero-order chi connectivity index (χ0) is 26.9. The molecule has 198 valence electrons. The van der Waals surface area contributed by atoms with Crippen LogP contribution in [0.15, 0.2) is 83.5 Å². The first-order valence-corrected chi connectivity index (χ1v) is 13.3. The number of rotatable bonds is 12. The molecule has 8 heteroatoms. The number of benzene rings is 3. The van der Waals surface area contributed by atoms with Crippen LogP contribution in [0.25, 0.3) is 10.9 Å². The Labute approximate surface area is 230 Å². The predicted octanol–water partition coefficient (Wildman–Crippen LogP) is 5.82. The average Bonchev–Trinajstić information content (AvgIpc) is 3.34. The molecule has 0 aliphatic heterocycles. The molecule has 0 spiro atoms. The maximum Gasteiger partial charge on any atom is 0.254 e. The van der Waals surface area contributed by atoms with Crippen LogP contribution in [-0.4, -0.2) is 59.9 Å². The number of hydrogen-bond acceptors (Lipinski definition) is 3. The van der Waals surface area contributed by atoms with Gasteiger partial charge in [0.25, 0.3) is 5.91 Å². The molecule has 0 bridgehead atoms. The third kappa shape index (κ3) is 7.30. The highest BCUT2D eigenvalue weighted by Crippen LogP contribution is 2.19. The van der Waals surface area contributed by atoms with E-state index in [-0.39, 0.29) is 24.2 Å². The van der Waals surface area contributed by atoms with Gasteiger partial charge in [0.1, 0.15) is 12.4 Å². The molecule has 4 rings (SSSR count). The molecule has 6 nitrogen and oxygen atoms in total. The number of nitrogens with one attached hydrogen (secondary N) is 1. The van der Waals surface area contributed by atoms with Crippen LogP contribution in [0.3, 0.4) is 0 Å². The number of H-pyrrole nitrogens is 1. The fraction of sp³-hybridized carbons (Fsp3) is 0.267. The van der Waals surface area contributed by atoms with Crippen molar-refractivity contribution in [3.05, 3.63) is 106 Å². The first kappa shape index (κ1) is 27.5. The largest absolute Gasteiger partial charge is 0.385 e. The van der Waals surface area contributed by atoms with Crippen LogP contribution in [0, 0.1) is 5.82 Å². The molecule has 1 aromatic heterocycles. The van der Waals surface area contributed by atoms with Crippen LogP contribution in [0.5, 0.6) is 0 Å². The van der Waals surface area contributed by atoms with Gasteiger partial charge in [-0.25, -0.2) is 4.39 Å². The third-order valence-electron chi connectivity index (χ3n) is 6.43. The van der Waals surface area contributed by atoms with E-state index in [1.807, 2.05) is 30.5 Å². The molecule has 0 fully saturated rings. The van der Waals surface area contributed by atoms with Crippen molar-refractivity contribution in [1.82, 2.24) is 14.8 Å². The average molecular weight is 580 g/mol. The summed E-state index contributed by atoms with van der Waals surface area (Å²) in [6, 6.07) is 21.4. The van der Waals surface area contributed by atoms with Crippen molar-refractivity contribution in [2.45, 2.75) is 19.4 Å². The van der Waals surface area contributed by atoms with E-state index < -0.39 is 0 Å². The normalized spacial score (nSPS) is 11.0. The number of fused-ring (bicyclic) bond motifs is 1. The van der Waals surface area contributed by atoms with Gasteiger partial charge in [0.15, 0.2) is 0 Å². The number of aromatic nitrogens is 1. The first-order chi connectivity index (χ1) is 18.4. The van der Waals surface area contributed by atoms with Crippen LogP contribution >= 0.6 is 15.9 Å². The van der Waals surface area contributed by atoms with Gasteiger partial charge in [-0.1, -0.05) is 52.3 Å². The number of carbonyl (C=O) groups is 2. The molecular weight excluding hydrogens is 549 g/mol. The van der Waals surface area contributed by atoms with Gasteiger partial charge in [0.05, 0.1) is 0 Å². The van der Waals surface area contributed by atoms with Gasteiger partial charge in [0.2, 0.25) is 5.91 Å². The fourth-order valence-corrected chi connectivity index (χ4v) is 4.81. The smallest absolute Gasteiger partial charge is 0.254 e. The molecule has 3 aromatic carbocycles. The Morgan fingerprint density at radius 1 is 0.974 bits per heavy atom. The van der Waals surface area contributed by atoms with Gasteiger partial charge >= 0.3 is 0 Å². The van der Waals surface area contributed by atoms with E-state index in [0.717, 1.165) is 26.5 Å². The molecule has 0 aliphatic carbocycles. The van der Waals surface area contributed by atoms with Gasteiger partial charge in [-0.05, 0) is 60.4 Å². The summed E-state index contributed by atoms with van der Waals surface area (Å²) in [6.07, 6.45) is 3.22. The predicted molar refractivity (Wildman–Crippen MR) is 150 cm³/mol. The molecule has 4 aromatic rings. The molecule has 2 amide bonds. The Morgan fingerprint density at radius 3 is 2.53 bits per heavy atom. The number of aromatic amines is 1. The third-order valence-corrected chi connectivity index (χ3v) is 6.92. The summed E-state index contributed by atoms with van der Waals surface area (Å²) >= 11 is 3.42. The highest BCUT2D eigenvalue weighted by atomic mass is 79.9. The summed E-state index contributed by atoms with van der Waals surface area (Å²) in [5.74, 6) is -0.710. The maximum atomic E-state index is 13.7. The summed E-state index contributed by atoms with van der Waals surface area (Å²) in [5, 5.41) is 1.12. The minimum atomic E-state index is -0.325. The Kier molecular flexibility index (Phi) is 9.67. The number of methoxy groups -OCH3 is 1. The summed E-state index contributed by atoms with van der Waals surface area (Å²) in [7, 11) is 1.61. The van der Waals surface area contributed by atoms with E-state index in [2.05, 4.69) is 27.0 Å². The molecule has 0 aliphatic rings. The lowest BCUT2D eigenvalue weighted by atomic mass is 10.1. The minimum absolute atomic E-state index is 0.0653. The number of ether oxygens (including phenoxy) is 1. The molecule has 0 saturated carbocycles. The van der Waals surface area contributed by atoms with Crippen LogP contribution in [0.2, 0.25) is 0 Å². The number of nitrogens with zero attached hydrogens (tertiary/aromatic N) is 2.